The molecule has 0 aromatic carbocycles. The first-order valence-electron chi connectivity index (χ1n) is 6.44. The summed E-state index contributed by atoms with van der Waals surface area (Å²) in [5.74, 6) is 1.78. The molecule has 0 spiro atoms. The van der Waals surface area contributed by atoms with Crippen LogP contribution in [0, 0.1) is 0 Å². The van der Waals surface area contributed by atoms with Crippen molar-refractivity contribution >= 4 is 5.69 Å². The minimum atomic E-state index is 0.118. The Labute approximate surface area is 117 Å². The fraction of sp³-hybridized carbons (Fsp3) is 0.214. The highest BCUT2D eigenvalue weighted by Crippen LogP contribution is 2.17. The molecule has 0 bridgehead atoms. The molecule has 0 amide bonds. The SMILES string of the molecule is CC(Nc1ccc(-n2cccn2)nc1)c1nccn1C. The van der Waals surface area contributed by atoms with E-state index in [1.165, 1.54) is 0 Å². The van der Waals surface area contributed by atoms with Crippen LogP contribution in [0.3, 0.4) is 0 Å². The predicted molar refractivity (Wildman–Crippen MR) is 76.6 cm³/mol. The second-order valence-corrected chi connectivity index (χ2v) is 4.62. The Hall–Kier alpha value is -2.63. The lowest BCUT2D eigenvalue weighted by Crippen LogP contribution is -2.12. The Bertz CT molecular complexity index is 668. The molecule has 0 aliphatic rings. The minimum absolute atomic E-state index is 0.118. The molecule has 0 saturated heterocycles. The van der Waals surface area contributed by atoms with Crippen LogP contribution in [0.1, 0.15) is 18.8 Å². The van der Waals surface area contributed by atoms with E-state index in [1.807, 2.05) is 42.2 Å². The molecule has 6 heteroatoms. The monoisotopic (exact) mass is 268 g/mol. The van der Waals surface area contributed by atoms with Crippen LogP contribution in [0.15, 0.2) is 49.2 Å². The molecule has 1 unspecified atom stereocenters. The van der Waals surface area contributed by atoms with Crippen LogP contribution in [0.5, 0.6) is 0 Å². The van der Waals surface area contributed by atoms with Gasteiger partial charge in [0.2, 0.25) is 0 Å². The molecule has 0 fully saturated rings. The van der Waals surface area contributed by atoms with Crippen molar-refractivity contribution in [1.29, 1.82) is 0 Å². The number of anilines is 1. The molecule has 102 valence electrons. The third-order valence-electron chi connectivity index (χ3n) is 3.12. The van der Waals surface area contributed by atoms with Crippen molar-refractivity contribution in [3.63, 3.8) is 0 Å². The van der Waals surface area contributed by atoms with E-state index in [-0.39, 0.29) is 6.04 Å². The van der Waals surface area contributed by atoms with Gasteiger partial charge in [-0.05, 0) is 25.1 Å². The van der Waals surface area contributed by atoms with Gasteiger partial charge < -0.3 is 9.88 Å². The molecule has 3 rings (SSSR count). The Morgan fingerprint density at radius 2 is 2.05 bits per heavy atom. The molecule has 1 atom stereocenters. The van der Waals surface area contributed by atoms with Crippen molar-refractivity contribution < 1.29 is 0 Å². The molecular weight excluding hydrogens is 252 g/mol. The van der Waals surface area contributed by atoms with Crippen molar-refractivity contribution in [3.05, 3.63) is 55.0 Å². The zero-order valence-electron chi connectivity index (χ0n) is 11.4. The predicted octanol–water partition coefficient (Wildman–Crippen LogP) is 2.17. The topological polar surface area (TPSA) is 60.6 Å². The lowest BCUT2D eigenvalue weighted by Gasteiger charge is -2.15. The lowest BCUT2D eigenvalue weighted by atomic mass is 10.3. The smallest absolute Gasteiger partial charge is 0.153 e. The van der Waals surface area contributed by atoms with Crippen LogP contribution in [-0.4, -0.2) is 24.3 Å². The maximum absolute atomic E-state index is 4.39. The summed E-state index contributed by atoms with van der Waals surface area (Å²) >= 11 is 0. The van der Waals surface area contributed by atoms with Crippen LogP contribution in [-0.2, 0) is 7.05 Å². The summed E-state index contributed by atoms with van der Waals surface area (Å²) in [5.41, 5.74) is 0.955. The second kappa shape index (κ2) is 5.16. The van der Waals surface area contributed by atoms with Crippen LogP contribution in [0.25, 0.3) is 5.82 Å². The average Bonchev–Trinajstić information content (AvgIpc) is 3.10. The van der Waals surface area contributed by atoms with Gasteiger partial charge in [0.15, 0.2) is 5.82 Å². The quantitative estimate of drug-likeness (QED) is 0.787. The molecule has 0 saturated carbocycles. The third kappa shape index (κ3) is 2.40. The zero-order chi connectivity index (χ0) is 13.9. The van der Waals surface area contributed by atoms with E-state index >= 15 is 0 Å². The van der Waals surface area contributed by atoms with E-state index in [9.17, 15) is 0 Å². The molecule has 0 radical (unpaired) electrons. The van der Waals surface area contributed by atoms with Gasteiger partial charge in [-0.25, -0.2) is 14.6 Å². The maximum Gasteiger partial charge on any atom is 0.153 e. The highest BCUT2D eigenvalue weighted by Gasteiger charge is 2.10. The largest absolute Gasteiger partial charge is 0.374 e. The number of hydrogen-bond donors (Lipinski definition) is 1. The van der Waals surface area contributed by atoms with Gasteiger partial charge in [0.1, 0.15) is 5.82 Å². The summed E-state index contributed by atoms with van der Waals surface area (Å²) in [7, 11) is 1.99. The molecule has 3 heterocycles. The number of imidazole rings is 1. The number of rotatable bonds is 4. The van der Waals surface area contributed by atoms with Crippen molar-refractivity contribution in [3.8, 4) is 5.82 Å². The van der Waals surface area contributed by atoms with Gasteiger partial charge >= 0.3 is 0 Å². The Balaban J connectivity index is 1.74. The maximum atomic E-state index is 4.39. The van der Waals surface area contributed by atoms with E-state index in [2.05, 4.69) is 27.3 Å². The molecular formula is C14H16N6. The van der Waals surface area contributed by atoms with Crippen molar-refractivity contribution in [2.24, 2.45) is 7.05 Å². The first-order valence-corrected chi connectivity index (χ1v) is 6.44. The van der Waals surface area contributed by atoms with Crippen molar-refractivity contribution in [2.75, 3.05) is 5.32 Å². The van der Waals surface area contributed by atoms with E-state index in [4.69, 9.17) is 0 Å². The van der Waals surface area contributed by atoms with E-state index < -0.39 is 0 Å². The van der Waals surface area contributed by atoms with Gasteiger partial charge in [0, 0.05) is 31.8 Å². The summed E-state index contributed by atoms with van der Waals surface area (Å²) in [4.78, 5) is 8.72. The van der Waals surface area contributed by atoms with Crippen LogP contribution in [0.2, 0.25) is 0 Å². The summed E-state index contributed by atoms with van der Waals surface area (Å²) in [6.07, 6.45) is 9.14. The number of pyridine rings is 1. The van der Waals surface area contributed by atoms with E-state index in [0.717, 1.165) is 17.3 Å². The van der Waals surface area contributed by atoms with Gasteiger partial charge in [-0.2, -0.15) is 5.10 Å². The first-order chi connectivity index (χ1) is 9.74. The van der Waals surface area contributed by atoms with Gasteiger partial charge in [0.25, 0.3) is 0 Å². The van der Waals surface area contributed by atoms with E-state index in [0.29, 0.717) is 0 Å². The average molecular weight is 268 g/mol. The normalized spacial score (nSPS) is 12.3. The lowest BCUT2D eigenvalue weighted by molar-refractivity contribution is 0.721. The molecule has 3 aromatic heterocycles. The Morgan fingerprint density at radius 3 is 2.65 bits per heavy atom. The molecule has 1 N–H and O–H groups in total. The second-order valence-electron chi connectivity index (χ2n) is 4.62. The summed E-state index contributed by atoms with van der Waals surface area (Å²) in [5, 5.41) is 7.53. The number of nitrogens with zero attached hydrogens (tertiary/aromatic N) is 5. The van der Waals surface area contributed by atoms with Gasteiger partial charge in [-0.15, -0.1) is 0 Å². The van der Waals surface area contributed by atoms with Crippen molar-refractivity contribution in [2.45, 2.75) is 13.0 Å². The summed E-state index contributed by atoms with van der Waals surface area (Å²) in [6, 6.07) is 5.91. The highest BCUT2D eigenvalue weighted by molar-refractivity contribution is 5.44. The third-order valence-corrected chi connectivity index (χ3v) is 3.12. The number of hydrogen-bond acceptors (Lipinski definition) is 4. The number of aryl methyl sites for hydroxylation is 1. The minimum Gasteiger partial charge on any atom is -0.374 e. The molecule has 6 nitrogen and oxygen atoms in total. The first kappa shape index (κ1) is 12.4. The van der Waals surface area contributed by atoms with Gasteiger partial charge in [0.05, 0.1) is 17.9 Å². The van der Waals surface area contributed by atoms with Crippen molar-refractivity contribution in [1.82, 2.24) is 24.3 Å². The Morgan fingerprint density at radius 1 is 1.15 bits per heavy atom. The fourth-order valence-electron chi connectivity index (χ4n) is 2.12. The van der Waals surface area contributed by atoms with Crippen LogP contribution < -0.4 is 5.32 Å². The Kier molecular flexibility index (Phi) is 3.20. The summed E-state index contributed by atoms with van der Waals surface area (Å²) in [6.45, 7) is 2.07. The standard InChI is InChI=1S/C14H16N6/c1-11(14-15-7-9-19(14)2)18-12-4-5-13(16-10-12)20-8-3-6-17-20/h3-11,18H,1-2H3. The molecule has 0 aliphatic heterocycles. The number of nitrogens with one attached hydrogen (secondary N) is 1. The summed E-state index contributed by atoms with van der Waals surface area (Å²) < 4.78 is 3.73. The highest BCUT2D eigenvalue weighted by atomic mass is 15.3. The van der Waals surface area contributed by atoms with E-state index in [1.54, 1.807) is 23.3 Å². The van der Waals surface area contributed by atoms with Crippen LogP contribution in [0.4, 0.5) is 5.69 Å². The van der Waals surface area contributed by atoms with Gasteiger partial charge in [-0.3, -0.25) is 0 Å². The van der Waals surface area contributed by atoms with Gasteiger partial charge in [-0.1, -0.05) is 0 Å². The molecule has 0 aliphatic carbocycles. The number of aromatic nitrogens is 5. The molecule has 20 heavy (non-hydrogen) atoms. The fourth-order valence-corrected chi connectivity index (χ4v) is 2.12. The van der Waals surface area contributed by atoms with Crippen LogP contribution >= 0.6 is 0 Å². The zero-order valence-corrected chi connectivity index (χ0v) is 11.4. The molecule has 3 aromatic rings.